The first-order valence-corrected chi connectivity index (χ1v) is 28.1. The molecule has 422 valence electrons. The van der Waals surface area contributed by atoms with E-state index in [1.165, 1.54) is 58.7 Å². The van der Waals surface area contributed by atoms with Gasteiger partial charge in [-0.1, -0.05) is 87.8 Å². The zero-order valence-electron chi connectivity index (χ0n) is 44.2. The number of ketones is 3. The number of benzene rings is 5. The Labute approximate surface area is 472 Å². The molecule has 5 aromatic carbocycles. The number of aromatic hydroxyl groups is 2. The highest BCUT2D eigenvalue weighted by molar-refractivity contribution is 8.76. The van der Waals surface area contributed by atoms with E-state index >= 15 is 0 Å². The van der Waals surface area contributed by atoms with Gasteiger partial charge in [-0.25, -0.2) is 24.5 Å². The van der Waals surface area contributed by atoms with Gasteiger partial charge in [-0.2, -0.15) is 0 Å². The first kappa shape index (κ1) is 57.8. The van der Waals surface area contributed by atoms with Gasteiger partial charge in [-0.15, -0.1) is 0 Å². The fourth-order valence-electron chi connectivity index (χ4n) is 9.92. The Morgan fingerprint density at radius 3 is 2.30 bits per heavy atom. The summed E-state index contributed by atoms with van der Waals surface area (Å²) >= 11 is 0. The minimum absolute atomic E-state index is 0.0350. The maximum absolute atomic E-state index is 14.1. The number of aliphatic hydroxyl groups is 3. The van der Waals surface area contributed by atoms with Gasteiger partial charge < -0.3 is 59.9 Å². The van der Waals surface area contributed by atoms with Gasteiger partial charge in [0.05, 0.1) is 53.4 Å². The Morgan fingerprint density at radius 2 is 1.58 bits per heavy atom. The molecule has 1 aliphatic heterocycles. The highest BCUT2D eigenvalue weighted by atomic mass is 33.1. The van der Waals surface area contributed by atoms with Crippen LogP contribution in [0, 0.1) is 13.8 Å². The van der Waals surface area contributed by atoms with Gasteiger partial charge in [-0.05, 0) is 62.7 Å². The first-order chi connectivity index (χ1) is 38.9. The number of phenolic OH excluding ortho intramolecular Hbond substituents is 2. The van der Waals surface area contributed by atoms with E-state index in [4.69, 9.17) is 28.7 Å². The maximum atomic E-state index is 14.1. The Kier molecular flexibility index (Phi) is 17.7. The van der Waals surface area contributed by atoms with E-state index in [2.05, 4.69) is 15.6 Å². The zero-order valence-corrected chi connectivity index (χ0v) is 45.9. The van der Waals surface area contributed by atoms with Crippen LogP contribution in [0.4, 0.5) is 26.9 Å². The summed E-state index contributed by atoms with van der Waals surface area (Å²) in [5.74, 6) is -3.89. The smallest absolute Gasteiger partial charge is 0.421 e. The van der Waals surface area contributed by atoms with E-state index in [-0.39, 0.29) is 59.5 Å². The summed E-state index contributed by atoms with van der Waals surface area (Å²) < 4.78 is 28.8. The van der Waals surface area contributed by atoms with Crippen LogP contribution in [0.1, 0.15) is 90.3 Å². The molecule has 4 unspecified atom stereocenters. The molecule has 3 amide bonds. The molecule has 6 atom stereocenters. The lowest BCUT2D eigenvalue weighted by atomic mass is 9.72. The molecular weight excluding hydrogens is 1090 g/mol. The molecule has 2 heterocycles. The number of carbonyl (C=O) groups is 6. The Bertz CT molecular complexity index is 3410. The van der Waals surface area contributed by atoms with Crippen molar-refractivity contribution in [2.45, 2.75) is 76.3 Å². The number of rotatable bonds is 18. The highest BCUT2D eigenvalue weighted by Crippen LogP contribution is 2.53. The molecule has 1 saturated heterocycles. The van der Waals surface area contributed by atoms with Crippen LogP contribution in [0.15, 0.2) is 103 Å². The number of anilines is 3. The molecule has 1 fully saturated rings. The number of carbonyl (C=O) groups excluding carboxylic acids is 6. The van der Waals surface area contributed by atoms with Crippen molar-refractivity contribution >= 4 is 74.4 Å². The summed E-state index contributed by atoms with van der Waals surface area (Å²) in [6.07, 6.45) is -6.75. The molecule has 0 spiro atoms. The molecule has 81 heavy (non-hydrogen) atoms. The molecule has 2 aliphatic carbocycles. The first-order valence-electron chi connectivity index (χ1n) is 25.7. The molecule has 6 aromatic rings. The van der Waals surface area contributed by atoms with Gasteiger partial charge in [0.1, 0.15) is 48.8 Å². The van der Waals surface area contributed by atoms with E-state index in [1.54, 1.807) is 49.5 Å². The number of nitrogens with zero attached hydrogens (tertiary/aromatic N) is 3. The standard InChI is InChI=1S/C58H57N5O16S2/c1-30-13-16-34(17-14-30)54(71)60-35-18-15-31(2)40(25-35)63(55-59-20-19-38(61-55)33-9-6-5-7-10-33)57(73)77-22-24-81-80-23-21-76-56(72)62-39-26-44(78-32(3)49(39)66)79-42-28-58(74,43(65)29-64)27-37-46(42)53(70)48-47(51(37)68)50(67)36-11-8-12-41(75-4)45(36)52(48)69/h5-20,25,32,39,42,44,49,64,66,68,70,74H,21-24,26-29H2,1-4H3,(H,60,71)(H,62,72)/t32?,39?,42-,44?,49?,58-/m0/s1. The van der Waals surface area contributed by atoms with Crippen LogP contribution in [0.25, 0.3) is 11.3 Å². The van der Waals surface area contributed by atoms with Gasteiger partial charge in [0.25, 0.3) is 5.91 Å². The summed E-state index contributed by atoms with van der Waals surface area (Å²) in [6, 6.07) is 26.6. The monoisotopic (exact) mass is 1140 g/mol. The van der Waals surface area contributed by atoms with Crippen molar-refractivity contribution < 1.29 is 78.0 Å². The number of phenols is 2. The van der Waals surface area contributed by atoms with Crippen molar-refractivity contribution in [3.63, 3.8) is 0 Å². The van der Waals surface area contributed by atoms with Crippen LogP contribution in [-0.4, -0.2) is 140 Å². The number of amides is 3. The summed E-state index contributed by atoms with van der Waals surface area (Å²) in [4.78, 5) is 91.9. The highest BCUT2D eigenvalue weighted by Gasteiger charge is 2.50. The minimum Gasteiger partial charge on any atom is -0.507 e. The van der Waals surface area contributed by atoms with Gasteiger partial charge >= 0.3 is 12.2 Å². The van der Waals surface area contributed by atoms with Crippen LogP contribution in [0.2, 0.25) is 0 Å². The number of methoxy groups -OCH3 is 1. The molecule has 1 aromatic heterocycles. The molecule has 0 radical (unpaired) electrons. The fraction of sp³-hybridized carbons (Fsp3) is 0.310. The third kappa shape index (κ3) is 12.2. The quantitative estimate of drug-likeness (QED) is 0.0249. The zero-order chi connectivity index (χ0) is 57.7. The minimum atomic E-state index is -2.39. The van der Waals surface area contributed by atoms with Crippen LogP contribution >= 0.6 is 21.6 Å². The number of ether oxygens (including phenoxy) is 5. The maximum Gasteiger partial charge on any atom is 0.421 e. The van der Waals surface area contributed by atoms with Gasteiger partial charge in [-0.3, -0.25) is 19.2 Å². The number of nitrogens with one attached hydrogen (secondary N) is 2. The number of aromatic nitrogens is 2. The normalized spacial score (nSPS) is 20.0. The molecule has 23 heteroatoms. The molecule has 7 N–H and O–H groups in total. The van der Waals surface area contributed by atoms with Crippen LogP contribution in [0.5, 0.6) is 17.2 Å². The molecule has 9 rings (SSSR count). The van der Waals surface area contributed by atoms with Crippen LogP contribution in [-0.2, 0) is 30.2 Å². The molecular formula is C58H57N5O16S2. The van der Waals surface area contributed by atoms with Crippen molar-refractivity contribution in [2.24, 2.45) is 0 Å². The summed E-state index contributed by atoms with van der Waals surface area (Å²) in [5.41, 5.74) is 0.0405. The lowest BCUT2D eigenvalue weighted by molar-refractivity contribution is -0.249. The third-order valence-electron chi connectivity index (χ3n) is 14.1. The molecule has 3 aliphatic rings. The lowest BCUT2D eigenvalue weighted by Gasteiger charge is -2.42. The largest absolute Gasteiger partial charge is 0.507 e. The van der Waals surface area contributed by atoms with Crippen LogP contribution in [0.3, 0.4) is 0 Å². The number of aryl methyl sites for hydroxylation is 2. The third-order valence-corrected chi connectivity index (χ3v) is 16.4. The van der Waals surface area contributed by atoms with E-state index < -0.39 is 108 Å². The van der Waals surface area contributed by atoms with Crippen LogP contribution < -0.4 is 20.3 Å². The average Bonchev–Trinajstić information content (AvgIpc) is 2.18. The Morgan fingerprint density at radius 1 is 0.864 bits per heavy atom. The predicted molar refractivity (Wildman–Crippen MR) is 298 cm³/mol. The van der Waals surface area contributed by atoms with Crippen molar-refractivity contribution in [3.8, 4) is 28.5 Å². The Hall–Kier alpha value is -7.90. The lowest BCUT2D eigenvalue weighted by Crippen LogP contribution is -2.56. The van der Waals surface area contributed by atoms with Crippen molar-refractivity contribution in [1.29, 1.82) is 0 Å². The summed E-state index contributed by atoms with van der Waals surface area (Å²) in [6.45, 7) is 4.02. The second kappa shape index (κ2) is 24.9. The number of aliphatic hydroxyl groups excluding tert-OH is 2. The van der Waals surface area contributed by atoms with E-state index in [0.717, 1.165) is 11.1 Å². The Balaban J connectivity index is 0.806. The SMILES string of the molecule is COc1cccc2c1C(=O)c1c(O)c3c(c(O)c1C2=O)C[C@@](O)(C(=O)CO)C[C@@H]3OC1CC(NC(=O)OCCSSCCOC(=O)N(c2nccc(-c3ccccc3)n2)c2cc(NC(=O)c3ccc(C)cc3)ccc2C)C(O)C(C)O1. The number of alkyl carbamates (subject to hydrolysis) is 1. The number of fused-ring (bicyclic) bond motifs is 3. The summed E-state index contributed by atoms with van der Waals surface area (Å²) in [5, 5.41) is 61.7. The second-order valence-corrected chi connectivity index (χ2v) is 22.1. The van der Waals surface area contributed by atoms with Crippen molar-refractivity contribution in [2.75, 3.05) is 48.7 Å². The van der Waals surface area contributed by atoms with E-state index in [0.29, 0.717) is 39.7 Å². The predicted octanol–water partition coefficient (Wildman–Crippen LogP) is 7.45. The van der Waals surface area contributed by atoms with Gasteiger partial charge in [0.2, 0.25) is 11.7 Å². The topological polar surface area (TPSA) is 303 Å². The van der Waals surface area contributed by atoms with Gasteiger partial charge in [0.15, 0.2) is 17.9 Å². The molecule has 0 bridgehead atoms. The number of hydrogen-bond acceptors (Lipinski definition) is 20. The fourth-order valence-corrected chi connectivity index (χ4v) is 11.6. The summed E-state index contributed by atoms with van der Waals surface area (Å²) in [7, 11) is 3.99. The number of Topliss-reactive ketones (excluding diaryl/α,β-unsaturated/α-hetero) is 1. The number of hydrogen-bond donors (Lipinski definition) is 7. The van der Waals surface area contributed by atoms with Crippen molar-refractivity contribution in [3.05, 3.63) is 153 Å². The van der Waals surface area contributed by atoms with E-state index in [1.807, 2.05) is 49.4 Å². The van der Waals surface area contributed by atoms with Gasteiger partial charge in [0, 0.05) is 70.5 Å². The van der Waals surface area contributed by atoms with E-state index in [9.17, 15) is 54.3 Å². The van der Waals surface area contributed by atoms with Crippen molar-refractivity contribution in [1.82, 2.24) is 15.3 Å². The second-order valence-electron chi connectivity index (χ2n) is 19.4. The molecule has 0 saturated carbocycles. The average molecular weight is 1140 g/mol. The molecule has 21 nitrogen and oxygen atoms in total.